The van der Waals surface area contributed by atoms with E-state index in [9.17, 15) is 14.4 Å². The van der Waals surface area contributed by atoms with Crippen LogP contribution in [-0.4, -0.2) is 28.1 Å². The number of aromatic amines is 1. The monoisotopic (exact) mass is 338 g/mol. The van der Waals surface area contributed by atoms with Crippen molar-refractivity contribution in [1.82, 2.24) is 15.1 Å². The van der Waals surface area contributed by atoms with Crippen molar-refractivity contribution in [1.29, 1.82) is 0 Å². The van der Waals surface area contributed by atoms with Gasteiger partial charge in [0.15, 0.2) is 0 Å². The Morgan fingerprint density at radius 1 is 0.960 bits per heavy atom. The molecule has 3 rings (SSSR count). The maximum atomic E-state index is 12.1. The fraction of sp³-hybridized carbons (Fsp3) is 0.167. The number of benzene rings is 2. The molecule has 3 N–H and O–H groups in total. The van der Waals surface area contributed by atoms with Crippen molar-refractivity contribution in [3.8, 4) is 0 Å². The number of nitrogens with zero attached hydrogens (tertiary/aromatic N) is 1. The van der Waals surface area contributed by atoms with Gasteiger partial charge in [-0.05, 0) is 24.3 Å². The highest BCUT2D eigenvalue weighted by atomic mass is 16.2. The van der Waals surface area contributed by atoms with Crippen LogP contribution in [0.15, 0.2) is 59.4 Å². The molecule has 2 amide bonds. The molecule has 0 bridgehead atoms. The van der Waals surface area contributed by atoms with E-state index in [1.54, 1.807) is 30.3 Å². The second-order valence-corrected chi connectivity index (χ2v) is 5.56. The summed E-state index contributed by atoms with van der Waals surface area (Å²) >= 11 is 0. The van der Waals surface area contributed by atoms with E-state index >= 15 is 0 Å². The molecule has 25 heavy (non-hydrogen) atoms. The van der Waals surface area contributed by atoms with Crippen LogP contribution in [-0.2, 0) is 16.1 Å². The fourth-order valence-corrected chi connectivity index (χ4v) is 2.48. The number of para-hydroxylation sites is 2. The van der Waals surface area contributed by atoms with Crippen molar-refractivity contribution >= 4 is 28.4 Å². The number of rotatable bonds is 6. The van der Waals surface area contributed by atoms with E-state index in [0.29, 0.717) is 16.6 Å². The van der Waals surface area contributed by atoms with Gasteiger partial charge in [0.2, 0.25) is 11.8 Å². The van der Waals surface area contributed by atoms with Gasteiger partial charge in [-0.15, -0.1) is 0 Å². The number of fused-ring (bicyclic) bond motifs is 1. The van der Waals surface area contributed by atoms with Crippen molar-refractivity contribution in [2.45, 2.75) is 13.0 Å². The van der Waals surface area contributed by atoms with Crippen molar-refractivity contribution in [3.05, 3.63) is 65.0 Å². The number of anilines is 1. The summed E-state index contributed by atoms with van der Waals surface area (Å²) in [4.78, 5) is 35.9. The minimum Gasteiger partial charge on any atom is -0.354 e. The third-order valence-corrected chi connectivity index (χ3v) is 3.69. The molecule has 0 radical (unpaired) electrons. The Kier molecular flexibility index (Phi) is 4.94. The van der Waals surface area contributed by atoms with Gasteiger partial charge in [0.1, 0.15) is 6.54 Å². The maximum absolute atomic E-state index is 12.1. The Morgan fingerprint density at radius 3 is 2.44 bits per heavy atom. The highest BCUT2D eigenvalue weighted by Gasteiger charge is 2.10. The molecule has 0 aliphatic carbocycles. The molecule has 1 aromatic heterocycles. The molecule has 3 aromatic rings. The molecule has 128 valence electrons. The number of carbonyl (C=O) groups is 2. The molecule has 7 heteroatoms. The zero-order chi connectivity index (χ0) is 17.6. The number of nitrogens with one attached hydrogen (secondary N) is 3. The van der Waals surface area contributed by atoms with Gasteiger partial charge >= 0.3 is 0 Å². The van der Waals surface area contributed by atoms with Crippen LogP contribution in [0, 0.1) is 0 Å². The first-order valence-electron chi connectivity index (χ1n) is 7.92. The summed E-state index contributed by atoms with van der Waals surface area (Å²) in [6.07, 6.45) is 0.155. The zero-order valence-electron chi connectivity index (χ0n) is 13.5. The topological polar surface area (TPSA) is 96.0 Å². The predicted octanol–water partition coefficient (Wildman–Crippen LogP) is 1.47. The lowest BCUT2D eigenvalue weighted by Crippen LogP contribution is -2.33. The maximum Gasteiger partial charge on any atom is 0.274 e. The smallest absolute Gasteiger partial charge is 0.274 e. The van der Waals surface area contributed by atoms with Gasteiger partial charge in [0.25, 0.3) is 5.56 Å². The van der Waals surface area contributed by atoms with E-state index in [2.05, 4.69) is 15.7 Å². The summed E-state index contributed by atoms with van der Waals surface area (Å²) in [6.45, 7) is 0.0836. The average molecular weight is 338 g/mol. The zero-order valence-corrected chi connectivity index (χ0v) is 13.5. The van der Waals surface area contributed by atoms with E-state index in [1.807, 2.05) is 24.3 Å². The second-order valence-electron chi connectivity index (χ2n) is 5.56. The first kappa shape index (κ1) is 16.5. The van der Waals surface area contributed by atoms with Crippen molar-refractivity contribution < 1.29 is 9.59 Å². The van der Waals surface area contributed by atoms with Crippen LogP contribution in [0.2, 0.25) is 0 Å². The third-order valence-electron chi connectivity index (χ3n) is 3.69. The summed E-state index contributed by atoms with van der Waals surface area (Å²) in [5, 5.41) is 8.81. The third kappa shape index (κ3) is 4.14. The van der Waals surface area contributed by atoms with Crippen LogP contribution < -0.4 is 16.2 Å². The van der Waals surface area contributed by atoms with Gasteiger partial charge < -0.3 is 10.6 Å². The SMILES string of the molecule is O=C(Cn1[nH]c2ccccc2c1=O)NCCC(=O)Nc1ccccc1. The lowest BCUT2D eigenvalue weighted by atomic mass is 10.3. The van der Waals surface area contributed by atoms with Crippen molar-refractivity contribution in [2.75, 3.05) is 11.9 Å². The van der Waals surface area contributed by atoms with Crippen LogP contribution in [0.4, 0.5) is 5.69 Å². The van der Waals surface area contributed by atoms with Gasteiger partial charge in [-0.25, -0.2) is 4.68 Å². The van der Waals surface area contributed by atoms with Crippen LogP contribution in [0.25, 0.3) is 10.9 Å². The van der Waals surface area contributed by atoms with Gasteiger partial charge in [-0.1, -0.05) is 30.3 Å². The van der Waals surface area contributed by atoms with Crippen LogP contribution in [0.1, 0.15) is 6.42 Å². The molecule has 0 spiro atoms. The molecular weight excluding hydrogens is 320 g/mol. The fourth-order valence-electron chi connectivity index (χ4n) is 2.48. The largest absolute Gasteiger partial charge is 0.354 e. The van der Waals surface area contributed by atoms with Gasteiger partial charge in [0, 0.05) is 18.7 Å². The van der Waals surface area contributed by atoms with E-state index in [1.165, 1.54) is 4.68 Å². The van der Waals surface area contributed by atoms with Crippen LogP contribution >= 0.6 is 0 Å². The Labute approximate surface area is 143 Å². The first-order chi connectivity index (χ1) is 12.1. The summed E-state index contributed by atoms with van der Waals surface area (Å²) in [5.41, 5.74) is 1.15. The lowest BCUT2D eigenvalue weighted by molar-refractivity contribution is -0.122. The number of amides is 2. The van der Waals surface area contributed by atoms with Crippen molar-refractivity contribution in [3.63, 3.8) is 0 Å². The number of aromatic nitrogens is 2. The summed E-state index contributed by atoms with van der Waals surface area (Å²) in [7, 11) is 0. The van der Waals surface area contributed by atoms with Crippen LogP contribution in [0.5, 0.6) is 0 Å². The Hall–Kier alpha value is -3.35. The molecule has 0 unspecified atom stereocenters. The number of hydrogen-bond donors (Lipinski definition) is 3. The summed E-state index contributed by atoms with van der Waals surface area (Å²) < 4.78 is 1.25. The second kappa shape index (κ2) is 7.48. The van der Waals surface area contributed by atoms with E-state index in [-0.39, 0.29) is 36.9 Å². The highest BCUT2D eigenvalue weighted by molar-refractivity contribution is 5.91. The molecule has 0 aliphatic heterocycles. The Bertz CT molecular complexity index is 944. The number of carbonyl (C=O) groups excluding carboxylic acids is 2. The van der Waals surface area contributed by atoms with Crippen LogP contribution in [0.3, 0.4) is 0 Å². The van der Waals surface area contributed by atoms with E-state index in [0.717, 1.165) is 0 Å². The molecular formula is C18H18N4O3. The summed E-state index contributed by atoms with van der Waals surface area (Å²) in [6, 6.07) is 16.2. The first-order valence-corrected chi connectivity index (χ1v) is 7.92. The standard InChI is InChI=1S/C18H18N4O3/c23-16(20-13-6-2-1-3-7-13)10-11-19-17(24)12-22-18(25)14-8-4-5-9-15(14)21-22/h1-9,21H,10-12H2,(H,19,24)(H,20,23). The normalized spacial score (nSPS) is 10.6. The Balaban J connectivity index is 1.48. The van der Waals surface area contributed by atoms with Gasteiger partial charge in [-0.2, -0.15) is 0 Å². The van der Waals surface area contributed by atoms with Gasteiger partial charge in [-0.3, -0.25) is 19.5 Å². The molecule has 0 fully saturated rings. The summed E-state index contributed by atoms with van der Waals surface area (Å²) in [5.74, 6) is -0.518. The minimum atomic E-state index is -0.332. The molecule has 0 atom stereocenters. The number of H-pyrrole nitrogens is 1. The minimum absolute atomic E-state index is 0.117. The molecule has 7 nitrogen and oxygen atoms in total. The highest BCUT2D eigenvalue weighted by Crippen LogP contribution is 2.06. The van der Waals surface area contributed by atoms with Crippen molar-refractivity contribution in [2.24, 2.45) is 0 Å². The molecule has 0 saturated heterocycles. The Morgan fingerprint density at radius 2 is 1.68 bits per heavy atom. The number of hydrogen-bond acceptors (Lipinski definition) is 3. The molecule has 0 aliphatic rings. The average Bonchev–Trinajstić information content (AvgIpc) is 2.92. The molecule has 1 heterocycles. The molecule has 0 saturated carbocycles. The van der Waals surface area contributed by atoms with E-state index in [4.69, 9.17) is 0 Å². The van der Waals surface area contributed by atoms with Gasteiger partial charge in [0.05, 0.1) is 10.9 Å². The molecule has 2 aromatic carbocycles. The van der Waals surface area contributed by atoms with E-state index < -0.39 is 0 Å². The lowest BCUT2D eigenvalue weighted by Gasteiger charge is -2.07. The predicted molar refractivity (Wildman–Crippen MR) is 95.3 cm³/mol. The quantitative estimate of drug-likeness (QED) is 0.635.